The van der Waals surface area contributed by atoms with Crippen LogP contribution in [-0.2, 0) is 15.9 Å². The molecule has 6 nitrogen and oxygen atoms in total. The van der Waals surface area contributed by atoms with Gasteiger partial charge in [-0.25, -0.2) is 0 Å². The van der Waals surface area contributed by atoms with Gasteiger partial charge in [-0.3, -0.25) is 4.99 Å². The number of rotatable bonds is 10. The summed E-state index contributed by atoms with van der Waals surface area (Å²) in [5.74, 6) is 2.44. The van der Waals surface area contributed by atoms with Gasteiger partial charge in [0.1, 0.15) is 5.75 Å². The second kappa shape index (κ2) is 12.6. The van der Waals surface area contributed by atoms with Crippen molar-refractivity contribution < 1.29 is 14.2 Å². The molecule has 27 heavy (non-hydrogen) atoms. The fourth-order valence-electron chi connectivity index (χ4n) is 3.11. The molecule has 152 valence electrons. The monoisotopic (exact) mass is 377 g/mol. The standard InChI is InChI=1S/C21H35N3O3/c1-17-5-6-18(15-20(17)25-3)7-11-24-21(22-2)23-10-4-12-27-16-19-8-13-26-14-9-19/h5-6,15,19H,4,7-14,16H2,1-3H3,(H2,22,23,24). The topological polar surface area (TPSA) is 64.1 Å². The Morgan fingerprint density at radius 1 is 1.22 bits per heavy atom. The maximum atomic E-state index is 5.79. The van der Waals surface area contributed by atoms with Gasteiger partial charge in [-0.05, 0) is 55.7 Å². The zero-order valence-corrected chi connectivity index (χ0v) is 17.1. The maximum Gasteiger partial charge on any atom is 0.190 e. The fourth-order valence-corrected chi connectivity index (χ4v) is 3.11. The van der Waals surface area contributed by atoms with E-state index in [2.05, 4.69) is 40.7 Å². The third-order valence-electron chi connectivity index (χ3n) is 4.85. The molecule has 0 saturated carbocycles. The van der Waals surface area contributed by atoms with Crippen molar-refractivity contribution >= 4 is 5.96 Å². The Kier molecular flexibility index (Phi) is 10.0. The molecule has 0 radical (unpaired) electrons. The molecule has 0 atom stereocenters. The van der Waals surface area contributed by atoms with Gasteiger partial charge in [-0.1, -0.05) is 12.1 Å². The summed E-state index contributed by atoms with van der Waals surface area (Å²) in [5, 5.41) is 6.70. The van der Waals surface area contributed by atoms with Crippen LogP contribution in [-0.4, -0.2) is 59.6 Å². The molecule has 0 spiro atoms. The van der Waals surface area contributed by atoms with Crippen LogP contribution in [0.3, 0.4) is 0 Å². The minimum atomic E-state index is 0.668. The number of nitrogens with one attached hydrogen (secondary N) is 2. The lowest BCUT2D eigenvalue weighted by Crippen LogP contribution is -2.39. The first-order valence-corrected chi connectivity index (χ1v) is 9.96. The van der Waals surface area contributed by atoms with Gasteiger partial charge in [-0.2, -0.15) is 0 Å². The van der Waals surface area contributed by atoms with E-state index in [0.717, 1.165) is 82.5 Å². The van der Waals surface area contributed by atoms with Crippen molar-refractivity contribution in [2.75, 3.05) is 53.7 Å². The molecule has 2 rings (SSSR count). The number of methoxy groups -OCH3 is 1. The van der Waals surface area contributed by atoms with Crippen molar-refractivity contribution in [2.45, 2.75) is 32.6 Å². The van der Waals surface area contributed by atoms with E-state index in [0.29, 0.717) is 5.92 Å². The molecular weight excluding hydrogens is 342 g/mol. The fraction of sp³-hybridized carbons (Fsp3) is 0.667. The van der Waals surface area contributed by atoms with Gasteiger partial charge in [0.25, 0.3) is 0 Å². The Bertz CT molecular complexity index is 572. The van der Waals surface area contributed by atoms with Gasteiger partial charge in [-0.15, -0.1) is 0 Å². The zero-order valence-electron chi connectivity index (χ0n) is 17.1. The summed E-state index contributed by atoms with van der Waals surface area (Å²) in [4.78, 5) is 4.27. The normalized spacial score (nSPS) is 15.6. The van der Waals surface area contributed by atoms with Crippen LogP contribution in [0.1, 0.15) is 30.4 Å². The summed E-state index contributed by atoms with van der Waals surface area (Å²) in [6.45, 7) is 7.14. The van der Waals surface area contributed by atoms with Crippen molar-refractivity contribution in [3.8, 4) is 5.75 Å². The van der Waals surface area contributed by atoms with Crippen LogP contribution in [0.15, 0.2) is 23.2 Å². The molecule has 1 aliphatic heterocycles. The molecule has 6 heteroatoms. The van der Waals surface area contributed by atoms with Gasteiger partial charge in [0.15, 0.2) is 5.96 Å². The number of ether oxygens (including phenoxy) is 3. The first-order valence-electron chi connectivity index (χ1n) is 9.96. The molecule has 0 aliphatic carbocycles. The third kappa shape index (κ3) is 8.18. The lowest BCUT2D eigenvalue weighted by molar-refractivity contribution is 0.0203. The summed E-state index contributed by atoms with van der Waals surface area (Å²) < 4.78 is 16.5. The van der Waals surface area contributed by atoms with Crippen molar-refractivity contribution in [1.82, 2.24) is 10.6 Å². The summed E-state index contributed by atoms with van der Waals surface area (Å²) in [7, 11) is 3.51. The van der Waals surface area contributed by atoms with Crippen molar-refractivity contribution in [3.05, 3.63) is 29.3 Å². The second-order valence-electron chi connectivity index (χ2n) is 6.96. The highest BCUT2D eigenvalue weighted by Crippen LogP contribution is 2.19. The first kappa shape index (κ1) is 21.5. The highest BCUT2D eigenvalue weighted by atomic mass is 16.5. The SMILES string of the molecule is CN=C(NCCCOCC1CCOCC1)NCCc1ccc(C)c(OC)c1. The zero-order chi connectivity index (χ0) is 19.3. The van der Waals surface area contributed by atoms with Crippen LogP contribution in [0.25, 0.3) is 0 Å². The number of aliphatic imine (C=N–C) groups is 1. The average Bonchev–Trinajstić information content (AvgIpc) is 2.71. The van der Waals surface area contributed by atoms with E-state index in [-0.39, 0.29) is 0 Å². The molecule has 2 N–H and O–H groups in total. The van der Waals surface area contributed by atoms with Crippen molar-refractivity contribution in [2.24, 2.45) is 10.9 Å². The van der Waals surface area contributed by atoms with Gasteiger partial charge < -0.3 is 24.8 Å². The van der Waals surface area contributed by atoms with E-state index < -0.39 is 0 Å². The number of guanidine groups is 1. The van der Waals surface area contributed by atoms with Crippen LogP contribution >= 0.6 is 0 Å². The van der Waals surface area contributed by atoms with Crippen molar-refractivity contribution in [3.63, 3.8) is 0 Å². The summed E-state index contributed by atoms with van der Waals surface area (Å²) in [6.07, 6.45) is 4.15. The Hall–Kier alpha value is -1.79. The predicted octanol–water partition coefficient (Wildman–Crippen LogP) is 2.54. The lowest BCUT2D eigenvalue weighted by atomic mass is 10.0. The molecule has 1 heterocycles. The molecule has 1 aliphatic rings. The highest BCUT2D eigenvalue weighted by Gasteiger charge is 2.13. The Labute approximate surface area is 163 Å². The molecule has 0 amide bonds. The van der Waals surface area contributed by atoms with E-state index in [9.17, 15) is 0 Å². The Morgan fingerprint density at radius 3 is 2.74 bits per heavy atom. The van der Waals surface area contributed by atoms with E-state index in [4.69, 9.17) is 14.2 Å². The highest BCUT2D eigenvalue weighted by molar-refractivity contribution is 5.79. The minimum absolute atomic E-state index is 0.668. The molecule has 1 aromatic carbocycles. The van der Waals surface area contributed by atoms with Gasteiger partial charge in [0.05, 0.1) is 7.11 Å². The minimum Gasteiger partial charge on any atom is -0.496 e. The molecule has 1 fully saturated rings. The summed E-state index contributed by atoms with van der Waals surface area (Å²) in [6, 6.07) is 6.34. The van der Waals surface area contributed by atoms with E-state index >= 15 is 0 Å². The average molecular weight is 378 g/mol. The number of hydrogen-bond acceptors (Lipinski definition) is 4. The van der Waals surface area contributed by atoms with E-state index in [1.54, 1.807) is 14.2 Å². The second-order valence-corrected chi connectivity index (χ2v) is 6.96. The molecule has 1 saturated heterocycles. The predicted molar refractivity (Wildman–Crippen MR) is 110 cm³/mol. The lowest BCUT2D eigenvalue weighted by Gasteiger charge is -2.21. The number of aryl methyl sites for hydroxylation is 1. The number of hydrogen-bond donors (Lipinski definition) is 2. The van der Waals surface area contributed by atoms with Crippen LogP contribution in [0.4, 0.5) is 0 Å². The van der Waals surface area contributed by atoms with Gasteiger partial charge in [0, 0.05) is 46.6 Å². The molecule has 1 aromatic rings. The van der Waals surface area contributed by atoms with Gasteiger partial charge in [0.2, 0.25) is 0 Å². The summed E-state index contributed by atoms with van der Waals surface area (Å²) >= 11 is 0. The van der Waals surface area contributed by atoms with Crippen molar-refractivity contribution in [1.29, 1.82) is 0 Å². The quantitative estimate of drug-likeness (QED) is 0.373. The van der Waals surface area contributed by atoms with E-state index in [1.165, 1.54) is 5.56 Å². The number of benzene rings is 1. The van der Waals surface area contributed by atoms with Crippen LogP contribution in [0.5, 0.6) is 5.75 Å². The smallest absolute Gasteiger partial charge is 0.190 e. The largest absolute Gasteiger partial charge is 0.496 e. The molecule has 0 unspecified atom stereocenters. The van der Waals surface area contributed by atoms with Crippen LogP contribution in [0, 0.1) is 12.8 Å². The summed E-state index contributed by atoms with van der Waals surface area (Å²) in [5.41, 5.74) is 2.41. The number of nitrogens with zero attached hydrogens (tertiary/aromatic N) is 1. The van der Waals surface area contributed by atoms with E-state index in [1.807, 2.05) is 0 Å². The maximum absolute atomic E-state index is 5.79. The Balaban J connectivity index is 1.55. The van der Waals surface area contributed by atoms with Crippen LogP contribution < -0.4 is 15.4 Å². The first-order chi connectivity index (χ1) is 13.2. The molecule has 0 bridgehead atoms. The third-order valence-corrected chi connectivity index (χ3v) is 4.85. The van der Waals surface area contributed by atoms with Gasteiger partial charge >= 0.3 is 0 Å². The van der Waals surface area contributed by atoms with Crippen LogP contribution in [0.2, 0.25) is 0 Å². The Morgan fingerprint density at radius 2 is 2.00 bits per heavy atom. The molecule has 0 aromatic heterocycles. The molecular formula is C21H35N3O3.